The van der Waals surface area contributed by atoms with Gasteiger partial charge in [-0.05, 0) is 37.8 Å². The summed E-state index contributed by atoms with van der Waals surface area (Å²) in [7, 11) is 0. The van der Waals surface area contributed by atoms with Crippen molar-refractivity contribution < 1.29 is 13.9 Å². The Kier molecular flexibility index (Phi) is 7.23. The van der Waals surface area contributed by atoms with Crippen LogP contribution in [0.5, 0.6) is 0 Å². The maximum absolute atomic E-state index is 14.8. The Morgan fingerprint density at radius 1 is 1.46 bits per heavy atom. The van der Waals surface area contributed by atoms with E-state index >= 15 is 0 Å². The van der Waals surface area contributed by atoms with Crippen LogP contribution in [0.25, 0.3) is 0 Å². The number of likely N-dealkylation sites (tertiary alicyclic amines) is 1. The van der Waals surface area contributed by atoms with Gasteiger partial charge in [0, 0.05) is 19.1 Å². The number of rotatable bonds is 8. The highest BCUT2D eigenvalue weighted by Gasteiger charge is 2.44. The first-order chi connectivity index (χ1) is 12.4. The van der Waals surface area contributed by atoms with Gasteiger partial charge in [0.1, 0.15) is 24.4 Å². The lowest BCUT2D eigenvalue weighted by Gasteiger charge is -2.44. The van der Waals surface area contributed by atoms with Gasteiger partial charge in [0.2, 0.25) is 0 Å². The number of aliphatic hydroxyl groups is 1. The Hall–Kier alpha value is -1.86. The fourth-order valence-electron chi connectivity index (χ4n) is 3.44. The van der Waals surface area contributed by atoms with Crippen LogP contribution < -0.4 is 0 Å². The molecule has 1 aromatic rings. The molecule has 0 spiro atoms. The summed E-state index contributed by atoms with van der Waals surface area (Å²) in [4.78, 5) is 6.03. The zero-order valence-corrected chi connectivity index (χ0v) is 15.5. The lowest BCUT2D eigenvalue weighted by atomic mass is 9.81. The van der Waals surface area contributed by atoms with Crippen LogP contribution in [0, 0.1) is 0 Å². The van der Waals surface area contributed by atoms with Gasteiger partial charge in [-0.1, -0.05) is 25.2 Å². The van der Waals surface area contributed by atoms with Crippen molar-refractivity contribution in [2.75, 3.05) is 13.1 Å². The lowest BCUT2D eigenvalue weighted by Crippen LogP contribution is -2.57. The van der Waals surface area contributed by atoms with Crippen LogP contribution in [0.2, 0.25) is 0 Å². The highest BCUT2D eigenvalue weighted by molar-refractivity contribution is 5.28. The van der Waals surface area contributed by atoms with Crippen molar-refractivity contribution >= 4 is 0 Å². The summed E-state index contributed by atoms with van der Waals surface area (Å²) in [5.41, 5.74) is -0.218. The molecule has 0 saturated carbocycles. The molecule has 0 aliphatic carbocycles. The van der Waals surface area contributed by atoms with Crippen molar-refractivity contribution in [3.8, 4) is 0 Å². The van der Waals surface area contributed by atoms with E-state index in [4.69, 9.17) is 0 Å². The molecule has 1 N–H and O–H groups in total. The third-order valence-electron chi connectivity index (χ3n) is 5.16. The molecular weight excluding hydrogens is 338 g/mol. The van der Waals surface area contributed by atoms with Crippen LogP contribution in [0.4, 0.5) is 8.78 Å². The van der Waals surface area contributed by atoms with E-state index in [-0.39, 0.29) is 24.6 Å². The topological polar surface area (TPSA) is 54.2 Å². The summed E-state index contributed by atoms with van der Waals surface area (Å²) < 4.78 is 28.9. The first-order valence-corrected chi connectivity index (χ1v) is 8.99. The van der Waals surface area contributed by atoms with Crippen LogP contribution in [-0.4, -0.2) is 55.7 Å². The van der Waals surface area contributed by atoms with Crippen LogP contribution >= 0.6 is 0 Å². The van der Waals surface area contributed by atoms with Crippen molar-refractivity contribution in [2.24, 2.45) is 0 Å². The van der Waals surface area contributed by atoms with E-state index in [1.165, 1.54) is 29.0 Å². The van der Waals surface area contributed by atoms with E-state index in [1.807, 2.05) is 6.92 Å². The number of hydrogen-bond donors (Lipinski definition) is 1. The number of alkyl halides is 1. The van der Waals surface area contributed by atoms with Gasteiger partial charge in [-0.3, -0.25) is 4.90 Å². The highest BCUT2D eigenvalue weighted by atomic mass is 19.1. The quantitative estimate of drug-likeness (QED) is 0.567. The van der Waals surface area contributed by atoms with Gasteiger partial charge in [-0.25, -0.2) is 18.4 Å². The number of hydrogen-bond acceptors (Lipinski definition) is 4. The van der Waals surface area contributed by atoms with Gasteiger partial charge < -0.3 is 5.11 Å². The second-order valence-electron chi connectivity index (χ2n) is 6.80. The second-order valence-corrected chi connectivity index (χ2v) is 6.80. The molecule has 0 bridgehead atoms. The summed E-state index contributed by atoms with van der Waals surface area (Å²) >= 11 is 0. The largest absolute Gasteiger partial charge is 0.382 e. The summed E-state index contributed by atoms with van der Waals surface area (Å²) in [6, 6.07) is -0.385. The third kappa shape index (κ3) is 4.65. The average molecular weight is 366 g/mol. The normalized spacial score (nSPS) is 21.7. The van der Waals surface area contributed by atoms with Crippen molar-refractivity contribution in [2.45, 2.75) is 57.5 Å². The monoisotopic (exact) mass is 366 g/mol. The summed E-state index contributed by atoms with van der Waals surface area (Å²) in [6.07, 6.45) is 6.15. The predicted octanol–water partition coefficient (Wildman–Crippen LogP) is 3.21. The third-order valence-corrected chi connectivity index (χ3v) is 5.16. The van der Waals surface area contributed by atoms with E-state index in [2.05, 4.69) is 21.6 Å². The molecule has 144 valence electrons. The Balaban J connectivity index is 2.40. The lowest BCUT2D eigenvalue weighted by molar-refractivity contribution is -0.0377. The van der Waals surface area contributed by atoms with Crippen molar-refractivity contribution in [1.82, 2.24) is 19.7 Å². The molecule has 0 unspecified atom stereocenters. The van der Waals surface area contributed by atoms with Crippen molar-refractivity contribution in [3.63, 3.8) is 0 Å². The molecule has 1 saturated heterocycles. The van der Waals surface area contributed by atoms with Crippen LogP contribution in [0.1, 0.15) is 33.1 Å². The molecular formula is C19H28F2N4O. The molecule has 1 aliphatic rings. The van der Waals surface area contributed by atoms with Crippen molar-refractivity contribution in [1.29, 1.82) is 0 Å². The smallest absolute Gasteiger partial charge is 0.137 e. The Morgan fingerprint density at radius 2 is 2.15 bits per heavy atom. The zero-order chi connectivity index (χ0) is 19.2. The minimum atomic E-state index is -1.55. The molecule has 7 heteroatoms. The SMILES string of the molecule is C=C1CCN([C@H](C)[C@](O)(Cn2cncn2)/C(=C/C=C/F)[C@H](F)CC)CC1. The maximum Gasteiger partial charge on any atom is 0.137 e. The molecule has 0 radical (unpaired) electrons. The first-order valence-electron chi connectivity index (χ1n) is 8.99. The number of piperidine rings is 1. The second kappa shape index (κ2) is 9.19. The Labute approximate surface area is 153 Å². The van der Waals surface area contributed by atoms with Gasteiger partial charge >= 0.3 is 0 Å². The molecule has 2 rings (SSSR count). The number of nitrogens with zero attached hydrogens (tertiary/aromatic N) is 4. The Bertz CT molecular complexity index is 634. The van der Waals surface area contributed by atoms with Crippen LogP contribution in [-0.2, 0) is 6.54 Å². The van der Waals surface area contributed by atoms with Gasteiger partial charge in [-0.2, -0.15) is 5.10 Å². The zero-order valence-electron chi connectivity index (χ0n) is 15.5. The van der Waals surface area contributed by atoms with Crippen molar-refractivity contribution in [3.05, 3.63) is 48.9 Å². The molecule has 26 heavy (non-hydrogen) atoms. The predicted molar refractivity (Wildman–Crippen MR) is 97.9 cm³/mol. The molecule has 1 aliphatic heterocycles. The number of halogens is 2. The molecule has 0 aromatic carbocycles. The molecule has 1 fully saturated rings. The first kappa shape index (κ1) is 20.5. The van der Waals surface area contributed by atoms with E-state index in [0.29, 0.717) is 6.33 Å². The minimum Gasteiger partial charge on any atom is -0.382 e. The van der Waals surface area contributed by atoms with Crippen LogP contribution in [0.15, 0.2) is 48.9 Å². The highest BCUT2D eigenvalue weighted by Crippen LogP contribution is 2.33. The summed E-state index contributed by atoms with van der Waals surface area (Å²) in [6.45, 7) is 9.12. The molecule has 2 heterocycles. The van der Waals surface area contributed by atoms with E-state index < -0.39 is 11.8 Å². The van der Waals surface area contributed by atoms with Gasteiger partial charge in [0.15, 0.2) is 0 Å². The maximum atomic E-state index is 14.8. The Morgan fingerprint density at radius 3 is 2.69 bits per heavy atom. The fourth-order valence-corrected chi connectivity index (χ4v) is 3.44. The molecule has 5 nitrogen and oxygen atoms in total. The molecule has 3 atom stereocenters. The number of allylic oxidation sites excluding steroid dienone is 2. The van der Waals surface area contributed by atoms with Gasteiger partial charge in [0.05, 0.1) is 12.9 Å². The van der Waals surface area contributed by atoms with E-state index in [9.17, 15) is 13.9 Å². The molecule has 0 amide bonds. The number of aromatic nitrogens is 3. The summed E-state index contributed by atoms with van der Waals surface area (Å²) in [5.74, 6) is 0. The van der Waals surface area contributed by atoms with E-state index in [0.717, 1.165) is 32.0 Å². The van der Waals surface area contributed by atoms with E-state index in [1.54, 1.807) is 6.92 Å². The molecule has 1 aromatic heterocycles. The summed E-state index contributed by atoms with van der Waals surface area (Å²) in [5, 5.41) is 15.7. The van der Waals surface area contributed by atoms with Gasteiger partial charge in [0.25, 0.3) is 0 Å². The average Bonchev–Trinajstić information content (AvgIpc) is 3.14. The van der Waals surface area contributed by atoms with Gasteiger partial charge in [-0.15, -0.1) is 0 Å². The minimum absolute atomic E-state index is 0.0397. The standard InChI is InChI=1S/C19H28F2N4O/c1-4-18(21)17(6-5-9-20)19(26,12-25-14-22-13-23-25)16(3)24-10-7-15(2)8-11-24/h5-6,9,13-14,16,18,26H,2,4,7-8,10-12H2,1,3H3/b9-5+,17-6+/t16-,18-,19-/m1/s1. The fraction of sp³-hybridized carbons (Fsp3) is 0.579. The van der Waals surface area contributed by atoms with Crippen LogP contribution in [0.3, 0.4) is 0 Å².